The van der Waals surface area contributed by atoms with Crippen molar-refractivity contribution in [3.63, 3.8) is 0 Å². The smallest absolute Gasteiger partial charge is 0.444 e. The molecule has 1 aliphatic rings. The summed E-state index contributed by atoms with van der Waals surface area (Å²) in [6.45, 7) is 6.55. The van der Waals surface area contributed by atoms with Crippen molar-refractivity contribution >= 4 is 35.4 Å². The van der Waals surface area contributed by atoms with Gasteiger partial charge in [-0.1, -0.05) is 29.8 Å². The zero-order valence-electron chi connectivity index (χ0n) is 21.0. The van der Waals surface area contributed by atoms with Crippen LogP contribution < -0.4 is 0 Å². The predicted molar refractivity (Wildman–Crippen MR) is 140 cm³/mol. The normalized spacial score (nSPS) is 14.5. The first-order chi connectivity index (χ1) is 17.8. The number of benzene rings is 2. The molecule has 202 valence electrons. The van der Waals surface area contributed by atoms with Gasteiger partial charge in [0.15, 0.2) is 5.69 Å². The lowest BCUT2D eigenvalue weighted by Gasteiger charge is -2.35. The van der Waals surface area contributed by atoms with Gasteiger partial charge < -0.3 is 14.5 Å². The standard InChI is InChI=1S/C26H26ClF3N4O3S/c1-25(2,3)37-24(36)33-12-10-32(11-13-33)23(35)21-16-22(34(31-21)19-8-5-7-18(27)15-19)17-6-4-9-20(14-17)38-26(28,29)30/h4-9,14-16H,10-13H2,1-3H3. The molecule has 0 saturated carbocycles. The average molecular weight is 567 g/mol. The zero-order valence-corrected chi connectivity index (χ0v) is 22.5. The van der Waals surface area contributed by atoms with Gasteiger partial charge in [-0.3, -0.25) is 4.79 Å². The molecule has 2 aromatic carbocycles. The van der Waals surface area contributed by atoms with Gasteiger partial charge in [-0.2, -0.15) is 18.3 Å². The Hall–Kier alpha value is -3.18. The fourth-order valence-corrected chi connectivity index (χ4v) is 4.71. The maximum Gasteiger partial charge on any atom is 0.446 e. The van der Waals surface area contributed by atoms with Crippen LogP contribution in [0.1, 0.15) is 31.3 Å². The van der Waals surface area contributed by atoms with E-state index in [9.17, 15) is 22.8 Å². The SMILES string of the molecule is CC(C)(C)OC(=O)N1CCN(C(=O)c2cc(-c3cccc(SC(F)(F)F)c3)n(-c3cccc(Cl)c3)n2)CC1. The molecule has 1 saturated heterocycles. The van der Waals surface area contributed by atoms with Gasteiger partial charge in [0.1, 0.15) is 5.60 Å². The maximum atomic E-state index is 13.4. The first-order valence-corrected chi connectivity index (χ1v) is 13.0. The molecule has 1 aliphatic heterocycles. The van der Waals surface area contributed by atoms with E-state index in [-0.39, 0.29) is 41.3 Å². The van der Waals surface area contributed by atoms with E-state index < -0.39 is 17.2 Å². The van der Waals surface area contributed by atoms with Crippen molar-refractivity contribution in [2.24, 2.45) is 0 Å². The molecule has 0 bridgehead atoms. The van der Waals surface area contributed by atoms with Crippen LogP contribution in [0.15, 0.2) is 59.5 Å². The Morgan fingerprint density at radius 1 is 0.947 bits per heavy atom. The van der Waals surface area contributed by atoms with Crippen molar-refractivity contribution in [1.82, 2.24) is 19.6 Å². The quantitative estimate of drug-likeness (QED) is 0.337. The highest BCUT2D eigenvalue weighted by atomic mass is 35.5. The molecule has 2 heterocycles. The third-order valence-electron chi connectivity index (χ3n) is 5.56. The Bertz CT molecular complexity index is 1330. The van der Waals surface area contributed by atoms with Gasteiger partial charge >= 0.3 is 11.6 Å². The van der Waals surface area contributed by atoms with E-state index in [0.717, 1.165) is 0 Å². The summed E-state index contributed by atoms with van der Waals surface area (Å²) in [5, 5.41) is 4.95. The van der Waals surface area contributed by atoms with E-state index >= 15 is 0 Å². The highest BCUT2D eigenvalue weighted by molar-refractivity contribution is 8.00. The fraction of sp³-hybridized carbons (Fsp3) is 0.346. The van der Waals surface area contributed by atoms with Gasteiger partial charge in [-0.15, -0.1) is 0 Å². The number of amides is 2. The van der Waals surface area contributed by atoms with E-state index in [2.05, 4.69) is 5.10 Å². The number of carbonyl (C=O) groups excluding carboxylic acids is 2. The summed E-state index contributed by atoms with van der Waals surface area (Å²) < 4.78 is 45.9. The largest absolute Gasteiger partial charge is 0.446 e. The number of alkyl halides is 3. The van der Waals surface area contributed by atoms with Crippen LogP contribution >= 0.6 is 23.4 Å². The molecular weight excluding hydrogens is 541 g/mol. The molecular formula is C26H26ClF3N4O3S. The van der Waals surface area contributed by atoms with Gasteiger partial charge in [0, 0.05) is 41.7 Å². The third-order valence-corrected chi connectivity index (χ3v) is 6.52. The minimum atomic E-state index is -4.44. The number of hydrogen-bond donors (Lipinski definition) is 0. The number of hydrogen-bond acceptors (Lipinski definition) is 5. The lowest BCUT2D eigenvalue weighted by molar-refractivity contribution is -0.0328. The first kappa shape index (κ1) is 27.8. The van der Waals surface area contributed by atoms with Crippen molar-refractivity contribution < 1.29 is 27.5 Å². The molecule has 1 fully saturated rings. The second kappa shape index (κ2) is 10.9. The Balaban J connectivity index is 1.61. The van der Waals surface area contributed by atoms with Crippen LogP contribution in [0.3, 0.4) is 0 Å². The van der Waals surface area contributed by atoms with Gasteiger partial charge in [-0.25, -0.2) is 9.48 Å². The van der Waals surface area contributed by atoms with Gasteiger partial charge in [-0.05, 0) is 68.9 Å². The van der Waals surface area contributed by atoms with Crippen LogP contribution in [0.25, 0.3) is 16.9 Å². The Labute approximate surface area is 227 Å². The maximum absolute atomic E-state index is 13.4. The van der Waals surface area contributed by atoms with Crippen LogP contribution in [-0.2, 0) is 4.74 Å². The van der Waals surface area contributed by atoms with Gasteiger partial charge in [0.25, 0.3) is 5.91 Å². The summed E-state index contributed by atoms with van der Waals surface area (Å²) in [4.78, 5) is 28.9. The molecule has 0 unspecified atom stereocenters. The van der Waals surface area contributed by atoms with E-state index in [4.69, 9.17) is 16.3 Å². The molecule has 3 aromatic rings. The third kappa shape index (κ3) is 7.02. The van der Waals surface area contributed by atoms with Gasteiger partial charge in [0.05, 0.1) is 11.4 Å². The number of piperazine rings is 1. The predicted octanol–water partition coefficient (Wildman–Crippen LogP) is 6.50. The molecule has 7 nitrogen and oxygen atoms in total. The summed E-state index contributed by atoms with van der Waals surface area (Å²) >= 11 is 5.96. The van der Waals surface area contributed by atoms with Crippen LogP contribution in [0.5, 0.6) is 0 Å². The Morgan fingerprint density at radius 2 is 1.61 bits per heavy atom. The van der Waals surface area contributed by atoms with Crippen molar-refractivity contribution in [2.45, 2.75) is 36.8 Å². The van der Waals surface area contributed by atoms with Crippen LogP contribution in [0.4, 0.5) is 18.0 Å². The number of rotatable bonds is 4. The average Bonchev–Trinajstić information content (AvgIpc) is 3.27. The number of thioether (sulfide) groups is 1. The van der Waals surface area contributed by atoms with E-state index in [1.807, 2.05) is 0 Å². The molecule has 1 aromatic heterocycles. The van der Waals surface area contributed by atoms with Crippen LogP contribution in [-0.4, -0.2) is 68.9 Å². The van der Waals surface area contributed by atoms with Crippen LogP contribution in [0, 0.1) is 0 Å². The minimum absolute atomic E-state index is 0.0139. The second-order valence-corrected chi connectivity index (χ2v) is 11.2. The summed E-state index contributed by atoms with van der Waals surface area (Å²) in [5.41, 5.74) is -3.49. The zero-order chi connectivity index (χ0) is 27.7. The summed E-state index contributed by atoms with van der Waals surface area (Å²) in [6.07, 6.45) is -0.436. The monoisotopic (exact) mass is 566 g/mol. The lowest BCUT2D eigenvalue weighted by Crippen LogP contribution is -2.51. The van der Waals surface area contributed by atoms with E-state index in [0.29, 0.717) is 35.1 Å². The first-order valence-electron chi connectivity index (χ1n) is 11.8. The lowest BCUT2D eigenvalue weighted by atomic mass is 10.1. The van der Waals surface area contributed by atoms with Gasteiger partial charge in [0.2, 0.25) is 0 Å². The van der Waals surface area contributed by atoms with Crippen LogP contribution in [0.2, 0.25) is 5.02 Å². The highest BCUT2D eigenvalue weighted by Crippen LogP contribution is 2.38. The van der Waals surface area contributed by atoms with E-state index in [1.165, 1.54) is 22.9 Å². The molecule has 2 amide bonds. The van der Waals surface area contributed by atoms with E-state index in [1.54, 1.807) is 67.0 Å². The molecule has 0 aliphatic carbocycles. The number of carbonyl (C=O) groups is 2. The topological polar surface area (TPSA) is 67.7 Å². The molecule has 0 spiro atoms. The number of ether oxygens (including phenoxy) is 1. The molecule has 38 heavy (non-hydrogen) atoms. The molecule has 12 heteroatoms. The Morgan fingerprint density at radius 3 is 2.24 bits per heavy atom. The molecule has 0 radical (unpaired) electrons. The van der Waals surface area contributed by atoms with Crippen molar-refractivity contribution in [3.05, 3.63) is 65.3 Å². The van der Waals surface area contributed by atoms with Crippen molar-refractivity contribution in [2.75, 3.05) is 26.2 Å². The number of aromatic nitrogens is 2. The summed E-state index contributed by atoms with van der Waals surface area (Å²) in [7, 11) is 0. The molecule has 0 atom stereocenters. The fourth-order valence-electron chi connectivity index (χ4n) is 3.93. The Kier molecular flexibility index (Phi) is 7.98. The van der Waals surface area contributed by atoms with Crippen molar-refractivity contribution in [3.8, 4) is 16.9 Å². The minimum Gasteiger partial charge on any atom is -0.444 e. The molecule has 4 rings (SSSR count). The highest BCUT2D eigenvalue weighted by Gasteiger charge is 2.31. The second-order valence-electron chi connectivity index (χ2n) is 9.64. The number of nitrogens with zero attached hydrogens (tertiary/aromatic N) is 4. The number of halogens is 4. The summed E-state index contributed by atoms with van der Waals surface area (Å²) in [6, 6.07) is 14.3. The summed E-state index contributed by atoms with van der Waals surface area (Å²) in [5.74, 6) is -0.350. The molecule has 0 N–H and O–H groups in total. The van der Waals surface area contributed by atoms with Crippen molar-refractivity contribution in [1.29, 1.82) is 0 Å².